The van der Waals surface area contributed by atoms with Crippen molar-refractivity contribution in [2.24, 2.45) is 5.73 Å². The molecule has 0 aromatic heterocycles. The Balaban J connectivity index is 3.48. The Hall–Kier alpha value is -0.120. The molecule has 14 heavy (non-hydrogen) atoms. The zero-order valence-corrected chi connectivity index (χ0v) is 9.92. The molecule has 0 aliphatic rings. The summed E-state index contributed by atoms with van der Waals surface area (Å²) in [5, 5.41) is 8.98. The SMILES string of the molecule is CCCCCN(C)CCC(C)(N)CO. The molecule has 1 atom stereocenters. The van der Waals surface area contributed by atoms with Gasteiger partial charge < -0.3 is 15.7 Å². The Morgan fingerprint density at radius 1 is 1.29 bits per heavy atom. The minimum atomic E-state index is -0.418. The van der Waals surface area contributed by atoms with Gasteiger partial charge in [-0.15, -0.1) is 0 Å². The van der Waals surface area contributed by atoms with Crippen LogP contribution in [0.2, 0.25) is 0 Å². The van der Waals surface area contributed by atoms with E-state index in [1.807, 2.05) is 6.92 Å². The van der Waals surface area contributed by atoms with Gasteiger partial charge in [-0.2, -0.15) is 0 Å². The lowest BCUT2D eigenvalue weighted by Crippen LogP contribution is -2.43. The zero-order chi connectivity index (χ0) is 11.0. The summed E-state index contributed by atoms with van der Waals surface area (Å²) in [6.45, 7) is 6.28. The van der Waals surface area contributed by atoms with Crippen LogP contribution in [0.5, 0.6) is 0 Å². The Labute approximate surface area is 88.3 Å². The predicted octanol–water partition coefficient (Wildman–Crippen LogP) is 1.21. The van der Waals surface area contributed by atoms with E-state index in [4.69, 9.17) is 10.8 Å². The van der Waals surface area contributed by atoms with Gasteiger partial charge in [-0.1, -0.05) is 19.8 Å². The number of unbranched alkanes of at least 4 members (excludes halogenated alkanes) is 2. The Morgan fingerprint density at radius 3 is 2.43 bits per heavy atom. The number of hydrogen-bond donors (Lipinski definition) is 2. The van der Waals surface area contributed by atoms with Crippen LogP contribution in [0.4, 0.5) is 0 Å². The Bertz CT molecular complexity index is 137. The van der Waals surface area contributed by atoms with Crippen molar-refractivity contribution in [3.63, 3.8) is 0 Å². The number of aliphatic hydroxyl groups excluding tert-OH is 1. The van der Waals surface area contributed by atoms with Crippen molar-refractivity contribution in [3.05, 3.63) is 0 Å². The van der Waals surface area contributed by atoms with E-state index in [1.54, 1.807) is 0 Å². The fraction of sp³-hybridized carbons (Fsp3) is 1.00. The van der Waals surface area contributed by atoms with Crippen LogP contribution in [0, 0.1) is 0 Å². The molecule has 0 spiro atoms. The van der Waals surface area contributed by atoms with Gasteiger partial charge in [0.05, 0.1) is 6.61 Å². The van der Waals surface area contributed by atoms with E-state index in [2.05, 4.69) is 18.9 Å². The highest BCUT2D eigenvalue weighted by atomic mass is 16.3. The maximum atomic E-state index is 8.98. The maximum absolute atomic E-state index is 8.98. The minimum absolute atomic E-state index is 0.0653. The van der Waals surface area contributed by atoms with Crippen molar-refractivity contribution < 1.29 is 5.11 Å². The lowest BCUT2D eigenvalue weighted by Gasteiger charge is -2.25. The molecule has 0 aliphatic heterocycles. The Morgan fingerprint density at radius 2 is 1.93 bits per heavy atom. The molecule has 86 valence electrons. The van der Waals surface area contributed by atoms with Gasteiger partial charge in [0, 0.05) is 5.54 Å². The summed E-state index contributed by atoms with van der Waals surface area (Å²) in [7, 11) is 2.11. The average molecular weight is 202 g/mol. The summed E-state index contributed by atoms with van der Waals surface area (Å²) in [5.41, 5.74) is 5.42. The van der Waals surface area contributed by atoms with E-state index in [-0.39, 0.29) is 6.61 Å². The van der Waals surface area contributed by atoms with E-state index in [1.165, 1.54) is 19.3 Å². The van der Waals surface area contributed by atoms with Crippen molar-refractivity contribution in [2.45, 2.75) is 45.1 Å². The highest BCUT2D eigenvalue weighted by Gasteiger charge is 2.16. The quantitative estimate of drug-likeness (QED) is 0.582. The molecule has 3 nitrogen and oxygen atoms in total. The molecule has 3 N–H and O–H groups in total. The van der Waals surface area contributed by atoms with Crippen molar-refractivity contribution >= 4 is 0 Å². The standard InChI is InChI=1S/C11H26N2O/c1-4-5-6-8-13(3)9-7-11(2,12)10-14/h14H,4-10,12H2,1-3H3. The number of nitrogens with two attached hydrogens (primary N) is 1. The van der Waals surface area contributed by atoms with Crippen LogP contribution in [-0.2, 0) is 0 Å². The number of hydrogen-bond acceptors (Lipinski definition) is 3. The molecule has 3 heteroatoms. The largest absolute Gasteiger partial charge is 0.394 e. The fourth-order valence-corrected chi connectivity index (χ4v) is 1.27. The van der Waals surface area contributed by atoms with Crippen LogP contribution >= 0.6 is 0 Å². The molecule has 0 saturated carbocycles. The fourth-order valence-electron chi connectivity index (χ4n) is 1.27. The van der Waals surface area contributed by atoms with Crippen LogP contribution in [0.1, 0.15) is 39.5 Å². The van der Waals surface area contributed by atoms with Crippen LogP contribution < -0.4 is 5.73 Å². The molecular weight excluding hydrogens is 176 g/mol. The molecule has 0 aromatic carbocycles. The molecule has 0 radical (unpaired) electrons. The monoisotopic (exact) mass is 202 g/mol. The molecule has 1 unspecified atom stereocenters. The highest BCUT2D eigenvalue weighted by molar-refractivity contribution is 4.78. The molecule has 0 fully saturated rings. The van der Waals surface area contributed by atoms with Crippen LogP contribution in [-0.4, -0.2) is 42.3 Å². The van der Waals surface area contributed by atoms with Gasteiger partial charge in [-0.05, 0) is 39.9 Å². The van der Waals surface area contributed by atoms with Gasteiger partial charge in [-0.3, -0.25) is 0 Å². The summed E-state index contributed by atoms with van der Waals surface area (Å²) in [6.07, 6.45) is 4.67. The number of rotatable bonds is 8. The molecule has 0 amide bonds. The van der Waals surface area contributed by atoms with Crippen molar-refractivity contribution in [1.82, 2.24) is 4.90 Å². The van der Waals surface area contributed by atoms with E-state index < -0.39 is 5.54 Å². The number of nitrogens with zero attached hydrogens (tertiary/aromatic N) is 1. The van der Waals surface area contributed by atoms with Crippen molar-refractivity contribution in [1.29, 1.82) is 0 Å². The van der Waals surface area contributed by atoms with Crippen molar-refractivity contribution in [3.8, 4) is 0 Å². The van der Waals surface area contributed by atoms with Gasteiger partial charge in [0.25, 0.3) is 0 Å². The summed E-state index contributed by atoms with van der Waals surface area (Å²) in [4.78, 5) is 2.29. The summed E-state index contributed by atoms with van der Waals surface area (Å²) >= 11 is 0. The lowest BCUT2D eigenvalue weighted by atomic mass is 10.0. The van der Waals surface area contributed by atoms with Gasteiger partial charge >= 0.3 is 0 Å². The zero-order valence-electron chi connectivity index (χ0n) is 9.92. The summed E-state index contributed by atoms with van der Waals surface area (Å²) in [6, 6.07) is 0. The maximum Gasteiger partial charge on any atom is 0.0608 e. The van der Waals surface area contributed by atoms with E-state index in [0.717, 1.165) is 19.5 Å². The molecular formula is C11H26N2O. The lowest BCUT2D eigenvalue weighted by molar-refractivity contribution is 0.182. The molecule has 0 aliphatic carbocycles. The highest BCUT2D eigenvalue weighted by Crippen LogP contribution is 2.05. The predicted molar refractivity (Wildman–Crippen MR) is 61.3 cm³/mol. The third-order valence-corrected chi connectivity index (χ3v) is 2.57. The molecule has 0 saturated heterocycles. The van der Waals surface area contributed by atoms with Gasteiger partial charge in [0.2, 0.25) is 0 Å². The second-order valence-electron chi connectivity index (χ2n) is 4.57. The molecule has 0 bridgehead atoms. The van der Waals surface area contributed by atoms with Crippen molar-refractivity contribution in [2.75, 3.05) is 26.7 Å². The third kappa shape index (κ3) is 7.30. The molecule has 0 aromatic rings. The molecule has 0 heterocycles. The Kier molecular flexibility index (Phi) is 7.15. The van der Waals surface area contributed by atoms with Crippen LogP contribution in [0.25, 0.3) is 0 Å². The summed E-state index contributed by atoms with van der Waals surface area (Å²) in [5.74, 6) is 0. The topological polar surface area (TPSA) is 49.5 Å². The van der Waals surface area contributed by atoms with Gasteiger partial charge in [0.15, 0.2) is 0 Å². The van der Waals surface area contributed by atoms with Crippen LogP contribution in [0.15, 0.2) is 0 Å². The third-order valence-electron chi connectivity index (χ3n) is 2.57. The van der Waals surface area contributed by atoms with Gasteiger partial charge in [-0.25, -0.2) is 0 Å². The number of aliphatic hydroxyl groups is 1. The first-order valence-electron chi connectivity index (χ1n) is 5.60. The second-order valence-corrected chi connectivity index (χ2v) is 4.57. The second kappa shape index (κ2) is 7.21. The summed E-state index contributed by atoms with van der Waals surface area (Å²) < 4.78 is 0. The smallest absolute Gasteiger partial charge is 0.0608 e. The van der Waals surface area contributed by atoms with E-state index >= 15 is 0 Å². The van der Waals surface area contributed by atoms with Crippen LogP contribution in [0.3, 0.4) is 0 Å². The van der Waals surface area contributed by atoms with Gasteiger partial charge in [0.1, 0.15) is 0 Å². The van der Waals surface area contributed by atoms with E-state index in [9.17, 15) is 0 Å². The average Bonchev–Trinajstić information content (AvgIpc) is 2.16. The minimum Gasteiger partial charge on any atom is -0.394 e. The first-order chi connectivity index (χ1) is 6.52. The van der Waals surface area contributed by atoms with E-state index in [0.29, 0.717) is 0 Å². The normalized spacial score (nSPS) is 15.9. The first kappa shape index (κ1) is 13.9. The molecule has 0 rings (SSSR count). The first-order valence-corrected chi connectivity index (χ1v) is 5.60.